The van der Waals surface area contributed by atoms with Crippen LogP contribution in [0.5, 0.6) is 0 Å². The third kappa shape index (κ3) is 6.03. The van der Waals surface area contributed by atoms with E-state index in [9.17, 15) is 4.79 Å². The van der Waals surface area contributed by atoms with Crippen LogP contribution in [0.25, 0.3) is 0 Å². The van der Waals surface area contributed by atoms with Gasteiger partial charge in [-0.2, -0.15) is 0 Å². The van der Waals surface area contributed by atoms with Crippen molar-refractivity contribution in [2.24, 2.45) is 11.8 Å². The molecule has 0 bridgehead atoms. The van der Waals surface area contributed by atoms with Gasteiger partial charge in [-0.25, -0.2) is 0 Å². The van der Waals surface area contributed by atoms with Crippen molar-refractivity contribution in [1.82, 2.24) is 0 Å². The Morgan fingerprint density at radius 2 is 1.83 bits per heavy atom. The zero-order valence-electron chi connectivity index (χ0n) is 15.5. The minimum absolute atomic E-state index is 0.0692. The second kappa shape index (κ2) is 8.42. The van der Waals surface area contributed by atoms with Crippen molar-refractivity contribution in [1.29, 1.82) is 0 Å². The Kier molecular flexibility index (Phi) is 7.45. The molecule has 0 saturated heterocycles. The lowest BCUT2D eigenvalue weighted by Gasteiger charge is -2.38. The average Bonchev–Trinajstić information content (AvgIpc) is 2.81. The van der Waals surface area contributed by atoms with E-state index < -0.39 is 8.32 Å². The van der Waals surface area contributed by atoms with Gasteiger partial charge in [0.15, 0.2) is 8.32 Å². The Hall–Kier alpha value is -0.693. The van der Waals surface area contributed by atoms with Crippen molar-refractivity contribution in [2.75, 3.05) is 27.1 Å². The highest BCUT2D eigenvalue weighted by Crippen LogP contribution is 2.38. The summed E-state index contributed by atoms with van der Waals surface area (Å²) in [7, 11) is -0.223. The van der Waals surface area contributed by atoms with Crippen LogP contribution in [0, 0.1) is 11.8 Å². The summed E-state index contributed by atoms with van der Waals surface area (Å²) in [4.78, 5) is 11.1. The van der Waals surface area contributed by atoms with Gasteiger partial charge in [0.05, 0.1) is 12.7 Å². The zero-order chi connectivity index (χ0) is 17.7. The fourth-order valence-corrected chi connectivity index (χ4v) is 3.28. The topological polar surface area (TPSA) is 54.0 Å². The Morgan fingerprint density at radius 1 is 1.17 bits per heavy atom. The molecule has 0 aromatic heterocycles. The van der Waals surface area contributed by atoms with Crippen molar-refractivity contribution >= 4 is 14.3 Å². The molecule has 0 fully saturated rings. The Balaban J connectivity index is 2.71. The fraction of sp³-hybridized carbons (Fsp3) is 0.824. The van der Waals surface area contributed by atoms with Gasteiger partial charge in [0.25, 0.3) is 0 Å². The van der Waals surface area contributed by atoms with Crippen molar-refractivity contribution in [3.8, 4) is 0 Å². The van der Waals surface area contributed by atoms with Gasteiger partial charge in [0.1, 0.15) is 6.79 Å². The summed E-state index contributed by atoms with van der Waals surface area (Å²) in [5.74, 6) is -0.00660. The predicted molar refractivity (Wildman–Crippen MR) is 92.7 cm³/mol. The molecule has 1 aliphatic carbocycles. The molecule has 0 N–H and O–H groups in total. The maximum Gasteiger partial charge on any atom is 0.302 e. The van der Waals surface area contributed by atoms with E-state index in [1.54, 1.807) is 7.11 Å². The quantitative estimate of drug-likeness (QED) is 0.292. The SMILES string of the molecule is COCO[C@@H]1C=C[C@H](COC(C)=O)[C@@H]1CO[Si](C)(C)C(C)(C)C. The first-order valence-electron chi connectivity index (χ1n) is 8.14. The monoisotopic (exact) mass is 344 g/mol. The van der Waals surface area contributed by atoms with E-state index >= 15 is 0 Å². The Labute approximate surface area is 141 Å². The molecule has 23 heavy (non-hydrogen) atoms. The summed E-state index contributed by atoms with van der Waals surface area (Å²) >= 11 is 0. The molecule has 6 heteroatoms. The van der Waals surface area contributed by atoms with Crippen LogP contribution >= 0.6 is 0 Å². The first kappa shape index (κ1) is 20.4. The summed E-state index contributed by atoms with van der Waals surface area (Å²) in [6, 6.07) is 0. The normalized spacial score (nSPS) is 24.9. The van der Waals surface area contributed by atoms with Gasteiger partial charge in [0, 0.05) is 32.5 Å². The summed E-state index contributed by atoms with van der Waals surface area (Å²) in [6.07, 6.45) is 4.01. The van der Waals surface area contributed by atoms with Gasteiger partial charge < -0.3 is 18.6 Å². The molecule has 0 heterocycles. The highest BCUT2D eigenvalue weighted by Gasteiger charge is 2.40. The summed E-state index contributed by atoms with van der Waals surface area (Å²) in [6.45, 7) is 13.8. The molecule has 0 radical (unpaired) electrons. The van der Waals surface area contributed by atoms with Crippen molar-refractivity contribution in [3.05, 3.63) is 12.2 Å². The number of carbonyl (C=O) groups is 1. The second-order valence-corrected chi connectivity index (χ2v) is 12.4. The molecule has 1 aliphatic rings. The van der Waals surface area contributed by atoms with Crippen molar-refractivity contribution < 1.29 is 23.4 Å². The van der Waals surface area contributed by atoms with Gasteiger partial charge >= 0.3 is 5.97 Å². The van der Waals surface area contributed by atoms with E-state index in [1.807, 2.05) is 6.08 Å². The highest BCUT2D eigenvalue weighted by molar-refractivity contribution is 6.74. The van der Waals surface area contributed by atoms with Crippen LogP contribution in [0.4, 0.5) is 0 Å². The minimum Gasteiger partial charge on any atom is -0.465 e. The van der Waals surface area contributed by atoms with Crippen LogP contribution in [0.15, 0.2) is 12.2 Å². The standard InChI is InChI=1S/C17H32O5Si/c1-13(18)20-10-14-8-9-16(21-12-19-5)15(14)11-22-23(6,7)17(2,3)4/h8-9,14-16H,10-12H2,1-7H3/t14-,15+,16-/m1/s1. The molecule has 0 aromatic rings. The molecule has 0 spiro atoms. The minimum atomic E-state index is -1.83. The fourth-order valence-electron chi connectivity index (χ4n) is 2.24. The number of hydrogen-bond donors (Lipinski definition) is 0. The van der Waals surface area contributed by atoms with Crippen LogP contribution in [-0.4, -0.2) is 47.5 Å². The number of carbonyl (C=O) groups excluding carboxylic acids is 1. The number of esters is 1. The summed E-state index contributed by atoms with van der Waals surface area (Å²) in [5, 5.41) is 0.160. The molecular formula is C17H32O5Si. The van der Waals surface area contributed by atoms with Gasteiger partial charge in [0.2, 0.25) is 0 Å². The molecule has 5 nitrogen and oxygen atoms in total. The Bertz CT molecular complexity index is 414. The van der Waals surface area contributed by atoms with Crippen molar-refractivity contribution in [3.63, 3.8) is 0 Å². The molecule has 0 aromatic carbocycles. The lowest BCUT2D eigenvalue weighted by Crippen LogP contribution is -2.44. The third-order valence-electron chi connectivity index (χ3n) is 4.82. The van der Waals surface area contributed by atoms with Gasteiger partial charge in [-0.3, -0.25) is 4.79 Å². The van der Waals surface area contributed by atoms with Gasteiger partial charge in [-0.05, 0) is 18.1 Å². The summed E-state index contributed by atoms with van der Waals surface area (Å²) in [5.41, 5.74) is 0. The predicted octanol–water partition coefficient (Wildman–Crippen LogP) is 3.36. The molecule has 134 valence electrons. The average molecular weight is 345 g/mol. The largest absolute Gasteiger partial charge is 0.465 e. The maximum absolute atomic E-state index is 11.1. The molecule has 1 rings (SSSR count). The van der Waals surface area contributed by atoms with E-state index in [0.29, 0.717) is 13.2 Å². The number of rotatable bonds is 8. The zero-order valence-corrected chi connectivity index (χ0v) is 16.5. The molecular weight excluding hydrogens is 312 g/mol. The van der Waals surface area contributed by atoms with Crippen molar-refractivity contribution in [2.45, 2.75) is 51.9 Å². The molecule has 0 saturated carbocycles. The second-order valence-electron chi connectivity index (χ2n) is 7.62. The molecule has 0 unspecified atom stereocenters. The Morgan fingerprint density at radius 3 is 2.35 bits per heavy atom. The van der Waals surface area contributed by atoms with E-state index in [1.165, 1.54) is 6.92 Å². The van der Waals surface area contributed by atoms with Crippen LogP contribution < -0.4 is 0 Å². The molecule has 3 atom stereocenters. The lowest BCUT2D eigenvalue weighted by atomic mass is 9.95. The van der Waals surface area contributed by atoms with E-state index in [-0.39, 0.29) is 35.7 Å². The van der Waals surface area contributed by atoms with E-state index in [4.69, 9.17) is 18.6 Å². The highest BCUT2D eigenvalue weighted by atomic mass is 28.4. The lowest BCUT2D eigenvalue weighted by molar-refractivity contribution is -0.143. The smallest absolute Gasteiger partial charge is 0.302 e. The van der Waals surface area contributed by atoms with E-state index in [2.05, 4.69) is 39.9 Å². The molecule has 0 aliphatic heterocycles. The number of hydrogen-bond acceptors (Lipinski definition) is 5. The molecule has 0 amide bonds. The van der Waals surface area contributed by atoms with Gasteiger partial charge in [-0.15, -0.1) is 0 Å². The first-order valence-corrected chi connectivity index (χ1v) is 11.1. The van der Waals surface area contributed by atoms with Crippen LogP contribution in [0.2, 0.25) is 18.1 Å². The summed E-state index contributed by atoms with van der Waals surface area (Å²) < 4.78 is 22.3. The maximum atomic E-state index is 11.1. The number of methoxy groups -OCH3 is 1. The van der Waals surface area contributed by atoms with Crippen LogP contribution in [0.3, 0.4) is 0 Å². The van der Waals surface area contributed by atoms with Crippen LogP contribution in [0.1, 0.15) is 27.7 Å². The van der Waals surface area contributed by atoms with Crippen LogP contribution in [-0.2, 0) is 23.4 Å². The number of ether oxygens (including phenoxy) is 3. The third-order valence-corrected chi connectivity index (χ3v) is 9.32. The van der Waals surface area contributed by atoms with E-state index in [0.717, 1.165) is 0 Å². The first-order chi connectivity index (χ1) is 10.6. The van der Waals surface area contributed by atoms with Gasteiger partial charge in [-0.1, -0.05) is 32.9 Å².